The molecule has 1 rings (SSSR count). The summed E-state index contributed by atoms with van der Waals surface area (Å²) in [4.78, 5) is 0. The second kappa shape index (κ2) is 6.81. The summed E-state index contributed by atoms with van der Waals surface area (Å²) >= 11 is 0. The van der Waals surface area contributed by atoms with Crippen molar-refractivity contribution in [3.05, 3.63) is 35.4 Å². The predicted octanol–water partition coefficient (Wildman–Crippen LogP) is 2.98. The monoisotopic (exact) mass is 258 g/mol. The van der Waals surface area contributed by atoms with Gasteiger partial charge in [-0.2, -0.15) is 0 Å². The van der Waals surface area contributed by atoms with E-state index in [1.165, 1.54) is 6.07 Å². The quantitative estimate of drug-likeness (QED) is 0.823. The number of rotatable bonds is 6. The highest BCUT2D eigenvalue weighted by molar-refractivity contribution is 5.21. The highest BCUT2D eigenvalue weighted by Gasteiger charge is 2.19. The van der Waals surface area contributed by atoms with E-state index < -0.39 is 23.8 Å². The Hall–Kier alpha value is -1.00. The standard InChI is InChI=1S/C14H20F2O2/c1-3-4-13(17)14(18)7-9(2)10-5-6-11(15)12(16)8-10/h5-6,8-9,13-14,17-18H,3-4,7H2,1-2H3. The maximum atomic E-state index is 13.1. The summed E-state index contributed by atoms with van der Waals surface area (Å²) in [6.45, 7) is 3.74. The lowest BCUT2D eigenvalue weighted by Gasteiger charge is -2.21. The van der Waals surface area contributed by atoms with Crippen LogP contribution in [0.3, 0.4) is 0 Å². The van der Waals surface area contributed by atoms with Gasteiger partial charge >= 0.3 is 0 Å². The Morgan fingerprint density at radius 1 is 1.11 bits per heavy atom. The molecular weight excluding hydrogens is 238 g/mol. The maximum Gasteiger partial charge on any atom is 0.159 e. The zero-order valence-corrected chi connectivity index (χ0v) is 10.7. The lowest BCUT2D eigenvalue weighted by molar-refractivity contribution is 0.00636. The van der Waals surface area contributed by atoms with Gasteiger partial charge in [-0.25, -0.2) is 8.78 Å². The molecule has 0 aromatic heterocycles. The molecule has 1 aromatic rings. The molecule has 2 N–H and O–H groups in total. The van der Waals surface area contributed by atoms with Crippen LogP contribution >= 0.6 is 0 Å². The average Bonchev–Trinajstić information content (AvgIpc) is 2.32. The summed E-state index contributed by atoms with van der Waals surface area (Å²) in [7, 11) is 0. The molecule has 0 aliphatic rings. The highest BCUT2D eigenvalue weighted by atomic mass is 19.2. The summed E-state index contributed by atoms with van der Waals surface area (Å²) in [6.07, 6.45) is 0.0474. The van der Waals surface area contributed by atoms with Crippen LogP contribution in [0.1, 0.15) is 44.6 Å². The lowest BCUT2D eigenvalue weighted by Crippen LogP contribution is -2.27. The van der Waals surface area contributed by atoms with Crippen LogP contribution in [0.2, 0.25) is 0 Å². The molecule has 0 heterocycles. The van der Waals surface area contributed by atoms with Crippen LogP contribution in [0, 0.1) is 11.6 Å². The van der Waals surface area contributed by atoms with E-state index in [2.05, 4.69) is 0 Å². The first-order valence-electron chi connectivity index (χ1n) is 6.26. The van der Waals surface area contributed by atoms with Crippen molar-refractivity contribution in [3.63, 3.8) is 0 Å². The molecule has 0 radical (unpaired) electrons. The normalized spacial score (nSPS) is 16.3. The second-order valence-electron chi connectivity index (χ2n) is 4.73. The van der Waals surface area contributed by atoms with Gasteiger partial charge in [-0.3, -0.25) is 0 Å². The van der Waals surface area contributed by atoms with Gasteiger partial charge in [0, 0.05) is 0 Å². The molecule has 18 heavy (non-hydrogen) atoms. The van der Waals surface area contributed by atoms with Crippen molar-refractivity contribution >= 4 is 0 Å². The fourth-order valence-corrected chi connectivity index (χ4v) is 1.96. The molecule has 0 aliphatic carbocycles. The molecule has 102 valence electrons. The van der Waals surface area contributed by atoms with E-state index in [1.54, 1.807) is 0 Å². The first-order chi connectivity index (χ1) is 8.45. The molecule has 0 fully saturated rings. The minimum atomic E-state index is -0.886. The summed E-state index contributed by atoms with van der Waals surface area (Å²) < 4.78 is 25.9. The molecule has 0 saturated heterocycles. The molecule has 3 atom stereocenters. The Labute approximate surface area is 106 Å². The summed E-state index contributed by atoms with van der Waals surface area (Å²) in [5.74, 6) is -1.90. The first kappa shape index (κ1) is 15.1. The van der Waals surface area contributed by atoms with Gasteiger partial charge in [0.25, 0.3) is 0 Å². The van der Waals surface area contributed by atoms with Crippen molar-refractivity contribution in [1.82, 2.24) is 0 Å². The number of hydrogen-bond acceptors (Lipinski definition) is 2. The molecule has 0 bridgehead atoms. The lowest BCUT2D eigenvalue weighted by atomic mass is 9.92. The van der Waals surface area contributed by atoms with Gasteiger partial charge in [0.05, 0.1) is 12.2 Å². The topological polar surface area (TPSA) is 40.5 Å². The largest absolute Gasteiger partial charge is 0.390 e. The Morgan fingerprint density at radius 2 is 1.78 bits per heavy atom. The molecule has 0 saturated carbocycles. The smallest absolute Gasteiger partial charge is 0.159 e. The van der Waals surface area contributed by atoms with Crippen LogP contribution < -0.4 is 0 Å². The zero-order valence-electron chi connectivity index (χ0n) is 10.7. The third-order valence-corrected chi connectivity index (χ3v) is 3.14. The van der Waals surface area contributed by atoms with E-state index >= 15 is 0 Å². The summed E-state index contributed by atoms with van der Waals surface area (Å²) in [5.41, 5.74) is 0.622. The molecule has 0 spiro atoms. The minimum Gasteiger partial charge on any atom is -0.390 e. The average molecular weight is 258 g/mol. The molecular formula is C14H20F2O2. The highest BCUT2D eigenvalue weighted by Crippen LogP contribution is 2.24. The predicted molar refractivity (Wildman–Crippen MR) is 66.3 cm³/mol. The van der Waals surface area contributed by atoms with Gasteiger partial charge in [-0.05, 0) is 36.5 Å². The van der Waals surface area contributed by atoms with E-state index in [4.69, 9.17) is 0 Å². The third-order valence-electron chi connectivity index (χ3n) is 3.14. The van der Waals surface area contributed by atoms with Crippen molar-refractivity contribution in [2.45, 2.75) is 51.2 Å². The van der Waals surface area contributed by atoms with Gasteiger partial charge in [0.1, 0.15) is 0 Å². The number of aliphatic hydroxyl groups excluding tert-OH is 2. The second-order valence-corrected chi connectivity index (χ2v) is 4.73. The number of aliphatic hydroxyl groups is 2. The number of benzene rings is 1. The fraction of sp³-hybridized carbons (Fsp3) is 0.571. The van der Waals surface area contributed by atoms with E-state index in [9.17, 15) is 19.0 Å². The van der Waals surface area contributed by atoms with Crippen LogP contribution in [0.15, 0.2) is 18.2 Å². The van der Waals surface area contributed by atoms with Gasteiger partial charge < -0.3 is 10.2 Å². The molecule has 3 unspecified atom stereocenters. The zero-order chi connectivity index (χ0) is 13.7. The van der Waals surface area contributed by atoms with Crippen molar-refractivity contribution in [2.24, 2.45) is 0 Å². The van der Waals surface area contributed by atoms with Gasteiger partial charge in [-0.1, -0.05) is 26.3 Å². The van der Waals surface area contributed by atoms with Crippen LogP contribution in [0.5, 0.6) is 0 Å². The van der Waals surface area contributed by atoms with Crippen LogP contribution in [-0.4, -0.2) is 22.4 Å². The van der Waals surface area contributed by atoms with Gasteiger partial charge in [-0.15, -0.1) is 0 Å². The molecule has 2 nitrogen and oxygen atoms in total. The van der Waals surface area contributed by atoms with E-state index in [0.29, 0.717) is 18.4 Å². The van der Waals surface area contributed by atoms with Gasteiger partial charge in [0.15, 0.2) is 11.6 Å². The Morgan fingerprint density at radius 3 is 2.33 bits per heavy atom. The van der Waals surface area contributed by atoms with E-state index in [-0.39, 0.29) is 5.92 Å². The third kappa shape index (κ3) is 4.03. The van der Waals surface area contributed by atoms with Crippen molar-refractivity contribution in [3.8, 4) is 0 Å². The summed E-state index contributed by atoms with van der Waals surface area (Å²) in [5, 5.41) is 19.4. The minimum absolute atomic E-state index is 0.137. The number of halogens is 2. The molecule has 0 amide bonds. The van der Waals surface area contributed by atoms with Crippen LogP contribution in [0.25, 0.3) is 0 Å². The Balaban J connectivity index is 2.64. The number of hydrogen-bond donors (Lipinski definition) is 2. The van der Waals surface area contributed by atoms with Crippen molar-refractivity contribution < 1.29 is 19.0 Å². The Bertz CT molecular complexity index is 382. The SMILES string of the molecule is CCCC(O)C(O)CC(C)c1ccc(F)c(F)c1. The van der Waals surface area contributed by atoms with E-state index in [0.717, 1.165) is 18.6 Å². The molecule has 0 aliphatic heterocycles. The molecule has 4 heteroatoms. The van der Waals surface area contributed by atoms with Crippen LogP contribution in [-0.2, 0) is 0 Å². The molecule has 1 aromatic carbocycles. The first-order valence-corrected chi connectivity index (χ1v) is 6.26. The summed E-state index contributed by atoms with van der Waals surface area (Å²) in [6, 6.07) is 3.72. The maximum absolute atomic E-state index is 13.1. The van der Waals surface area contributed by atoms with Crippen molar-refractivity contribution in [2.75, 3.05) is 0 Å². The Kier molecular flexibility index (Phi) is 5.69. The fourth-order valence-electron chi connectivity index (χ4n) is 1.96. The van der Waals surface area contributed by atoms with E-state index in [1.807, 2.05) is 13.8 Å². The van der Waals surface area contributed by atoms with Crippen LogP contribution in [0.4, 0.5) is 8.78 Å². The van der Waals surface area contributed by atoms with Gasteiger partial charge in [0.2, 0.25) is 0 Å². The van der Waals surface area contributed by atoms with Crippen molar-refractivity contribution in [1.29, 1.82) is 0 Å².